The number of anilines is 1. The zero-order chi connectivity index (χ0) is 9.97. The van der Waals surface area contributed by atoms with Gasteiger partial charge in [0.25, 0.3) is 0 Å². The lowest BCUT2D eigenvalue weighted by atomic mass is 10.3. The van der Waals surface area contributed by atoms with Crippen molar-refractivity contribution in [2.75, 3.05) is 5.73 Å². The molecule has 14 heavy (non-hydrogen) atoms. The number of aromatic nitrogens is 4. The highest BCUT2D eigenvalue weighted by Crippen LogP contribution is 2.11. The Morgan fingerprint density at radius 3 is 2.64 bits per heavy atom. The van der Waals surface area contributed by atoms with Gasteiger partial charge in [0.1, 0.15) is 12.0 Å². The normalized spacial score (nSPS) is 10.1. The highest BCUT2D eigenvalue weighted by atomic mass is 15.1. The topological polar surface area (TPSA) is 77.6 Å². The Hall–Kier alpha value is -2.04. The Kier molecular flexibility index (Phi) is 2.06. The Morgan fingerprint density at radius 2 is 2.00 bits per heavy atom. The minimum Gasteiger partial charge on any atom is -0.368 e. The molecular weight excluding hydrogens is 178 g/mol. The van der Waals surface area contributed by atoms with Crippen LogP contribution in [0.25, 0.3) is 11.5 Å². The van der Waals surface area contributed by atoms with E-state index in [4.69, 9.17) is 5.73 Å². The van der Waals surface area contributed by atoms with Crippen molar-refractivity contribution in [3.63, 3.8) is 0 Å². The summed E-state index contributed by atoms with van der Waals surface area (Å²) in [6.07, 6.45) is 3.13. The first-order valence-corrected chi connectivity index (χ1v) is 4.13. The summed E-state index contributed by atoms with van der Waals surface area (Å²) in [7, 11) is 0. The summed E-state index contributed by atoms with van der Waals surface area (Å²) in [5.74, 6) is 0.704. The largest absolute Gasteiger partial charge is 0.368 e. The van der Waals surface area contributed by atoms with Crippen LogP contribution in [0.3, 0.4) is 0 Å². The average Bonchev–Trinajstić information content (AvgIpc) is 2.19. The molecule has 0 saturated heterocycles. The lowest BCUT2D eigenvalue weighted by Gasteiger charge is -1.99. The number of pyridine rings is 1. The Balaban J connectivity index is 2.44. The molecule has 70 valence electrons. The minimum absolute atomic E-state index is 0.206. The zero-order valence-electron chi connectivity index (χ0n) is 7.68. The van der Waals surface area contributed by atoms with E-state index < -0.39 is 0 Å². The fraction of sp³-hybridized carbons (Fsp3) is 0.111. The number of aryl methyl sites for hydroxylation is 1. The van der Waals surface area contributed by atoms with Gasteiger partial charge >= 0.3 is 0 Å². The van der Waals surface area contributed by atoms with Gasteiger partial charge in [-0.1, -0.05) is 6.07 Å². The van der Waals surface area contributed by atoms with Crippen molar-refractivity contribution in [1.29, 1.82) is 0 Å². The molecule has 5 nitrogen and oxygen atoms in total. The van der Waals surface area contributed by atoms with E-state index in [1.54, 1.807) is 6.20 Å². The van der Waals surface area contributed by atoms with Crippen LogP contribution in [-0.2, 0) is 0 Å². The van der Waals surface area contributed by atoms with E-state index in [1.165, 1.54) is 6.33 Å². The molecule has 0 saturated carbocycles. The van der Waals surface area contributed by atoms with Gasteiger partial charge in [-0.3, -0.25) is 4.98 Å². The summed E-state index contributed by atoms with van der Waals surface area (Å²) in [5, 5.41) is 0. The van der Waals surface area contributed by atoms with Crippen LogP contribution in [0.15, 0.2) is 24.7 Å². The molecule has 0 unspecified atom stereocenters. The van der Waals surface area contributed by atoms with E-state index in [1.807, 2.05) is 19.1 Å². The van der Waals surface area contributed by atoms with Crippen LogP contribution >= 0.6 is 0 Å². The molecule has 0 amide bonds. The van der Waals surface area contributed by atoms with E-state index in [-0.39, 0.29) is 5.95 Å². The SMILES string of the molecule is Cc1ccc(-c2ncnc(N)n2)nc1. The summed E-state index contributed by atoms with van der Waals surface area (Å²) < 4.78 is 0. The fourth-order valence-electron chi connectivity index (χ4n) is 1.03. The third kappa shape index (κ3) is 1.66. The Morgan fingerprint density at radius 1 is 1.14 bits per heavy atom. The van der Waals surface area contributed by atoms with E-state index in [9.17, 15) is 0 Å². The van der Waals surface area contributed by atoms with Crippen LogP contribution in [0.4, 0.5) is 5.95 Å². The fourth-order valence-corrected chi connectivity index (χ4v) is 1.03. The van der Waals surface area contributed by atoms with E-state index in [2.05, 4.69) is 19.9 Å². The molecule has 0 fully saturated rings. The first kappa shape index (κ1) is 8.55. The van der Waals surface area contributed by atoms with Crippen LogP contribution in [0.5, 0.6) is 0 Å². The molecule has 0 radical (unpaired) electrons. The summed E-state index contributed by atoms with van der Waals surface area (Å²) in [6.45, 7) is 1.97. The maximum atomic E-state index is 5.44. The highest BCUT2D eigenvalue weighted by Gasteiger charge is 2.02. The smallest absolute Gasteiger partial charge is 0.223 e. The predicted octanol–water partition coefficient (Wildman–Crippen LogP) is 0.824. The standard InChI is InChI=1S/C9H9N5/c1-6-2-3-7(11-4-6)8-12-5-13-9(10)14-8/h2-5H,1H3,(H2,10,12,13,14). The van der Waals surface area contributed by atoms with Crippen LogP contribution in [0.2, 0.25) is 0 Å². The van der Waals surface area contributed by atoms with Gasteiger partial charge in [0.15, 0.2) is 5.82 Å². The third-order valence-corrected chi connectivity index (χ3v) is 1.73. The molecule has 0 aliphatic rings. The molecular formula is C9H9N5. The van der Waals surface area contributed by atoms with Gasteiger partial charge in [-0.15, -0.1) is 0 Å². The van der Waals surface area contributed by atoms with Gasteiger partial charge in [-0.05, 0) is 18.6 Å². The Labute approximate surface area is 81.1 Å². The van der Waals surface area contributed by atoms with E-state index >= 15 is 0 Å². The quantitative estimate of drug-likeness (QED) is 0.715. The van der Waals surface area contributed by atoms with Crippen molar-refractivity contribution in [3.05, 3.63) is 30.2 Å². The zero-order valence-corrected chi connectivity index (χ0v) is 7.68. The predicted molar refractivity (Wildman–Crippen MR) is 52.2 cm³/mol. The lowest BCUT2D eigenvalue weighted by Crippen LogP contribution is -1.99. The first-order valence-electron chi connectivity index (χ1n) is 4.13. The van der Waals surface area contributed by atoms with Crippen molar-refractivity contribution in [2.24, 2.45) is 0 Å². The van der Waals surface area contributed by atoms with Crippen LogP contribution in [0.1, 0.15) is 5.56 Å². The highest BCUT2D eigenvalue weighted by molar-refractivity contribution is 5.49. The van der Waals surface area contributed by atoms with Gasteiger partial charge in [0, 0.05) is 6.20 Å². The summed E-state index contributed by atoms with van der Waals surface area (Å²) >= 11 is 0. The van der Waals surface area contributed by atoms with Gasteiger partial charge in [0.2, 0.25) is 5.95 Å². The van der Waals surface area contributed by atoms with Crippen LogP contribution in [0, 0.1) is 6.92 Å². The van der Waals surface area contributed by atoms with Gasteiger partial charge in [-0.2, -0.15) is 4.98 Å². The molecule has 0 bridgehead atoms. The van der Waals surface area contributed by atoms with Crippen molar-refractivity contribution < 1.29 is 0 Å². The number of hydrogen-bond acceptors (Lipinski definition) is 5. The van der Waals surface area contributed by atoms with Gasteiger partial charge in [-0.25, -0.2) is 9.97 Å². The Bertz CT molecular complexity index is 437. The van der Waals surface area contributed by atoms with Crippen molar-refractivity contribution in [2.45, 2.75) is 6.92 Å². The van der Waals surface area contributed by atoms with Crippen LogP contribution < -0.4 is 5.73 Å². The molecule has 2 aromatic heterocycles. The second-order valence-corrected chi connectivity index (χ2v) is 2.89. The number of nitrogen functional groups attached to an aromatic ring is 1. The lowest BCUT2D eigenvalue weighted by molar-refractivity contribution is 1.05. The molecule has 0 aromatic carbocycles. The van der Waals surface area contributed by atoms with E-state index in [0.29, 0.717) is 11.5 Å². The molecule has 2 N–H and O–H groups in total. The van der Waals surface area contributed by atoms with Crippen LogP contribution in [-0.4, -0.2) is 19.9 Å². The molecule has 2 aromatic rings. The minimum atomic E-state index is 0.206. The molecule has 2 heterocycles. The number of hydrogen-bond donors (Lipinski definition) is 1. The van der Waals surface area contributed by atoms with E-state index in [0.717, 1.165) is 5.56 Å². The number of rotatable bonds is 1. The first-order chi connectivity index (χ1) is 6.75. The molecule has 0 spiro atoms. The number of nitrogens with zero attached hydrogens (tertiary/aromatic N) is 4. The van der Waals surface area contributed by atoms with Gasteiger partial charge < -0.3 is 5.73 Å². The van der Waals surface area contributed by atoms with Gasteiger partial charge in [0.05, 0.1) is 0 Å². The second kappa shape index (κ2) is 3.37. The summed E-state index contributed by atoms with van der Waals surface area (Å²) in [5.41, 5.74) is 7.23. The molecule has 0 aliphatic carbocycles. The summed E-state index contributed by atoms with van der Waals surface area (Å²) in [6, 6.07) is 3.80. The molecule has 0 atom stereocenters. The molecule has 2 rings (SSSR count). The van der Waals surface area contributed by atoms with Crippen molar-refractivity contribution in [3.8, 4) is 11.5 Å². The summed E-state index contributed by atoms with van der Waals surface area (Å²) in [4.78, 5) is 15.8. The number of nitrogens with two attached hydrogens (primary N) is 1. The molecule has 5 heteroatoms. The molecule has 0 aliphatic heterocycles. The maximum absolute atomic E-state index is 5.44. The second-order valence-electron chi connectivity index (χ2n) is 2.89. The van der Waals surface area contributed by atoms with Crippen molar-refractivity contribution in [1.82, 2.24) is 19.9 Å². The average molecular weight is 187 g/mol. The maximum Gasteiger partial charge on any atom is 0.223 e. The van der Waals surface area contributed by atoms with Crippen molar-refractivity contribution >= 4 is 5.95 Å². The monoisotopic (exact) mass is 187 g/mol. The third-order valence-electron chi connectivity index (χ3n) is 1.73.